The Kier molecular flexibility index (Phi) is 4.37. The average Bonchev–Trinajstić information content (AvgIpc) is 2.30. The van der Waals surface area contributed by atoms with Crippen molar-refractivity contribution in [2.75, 3.05) is 6.61 Å². The zero-order valence-electron chi connectivity index (χ0n) is 9.64. The van der Waals surface area contributed by atoms with Crippen molar-refractivity contribution < 1.29 is 9.84 Å². The molecule has 2 atom stereocenters. The molecule has 1 aliphatic carbocycles. The number of aliphatic hydroxyl groups excluding tert-OH is 1. The van der Waals surface area contributed by atoms with Gasteiger partial charge in [-0.15, -0.1) is 0 Å². The molecule has 1 saturated carbocycles. The predicted molar refractivity (Wildman–Crippen MR) is 64.1 cm³/mol. The van der Waals surface area contributed by atoms with Crippen molar-refractivity contribution in [3.63, 3.8) is 0 Å². The number of hydrogen-bond acceptors (Lipinski definition) is 2. The lowest BCUT2D eigenvalue weighted by molar-refractivity contribution is 0.0349. The molecule has 0 radical (unpaired) electrons. The predicted octanol–water partition coefficient (Wildman–Crippen LogP) is 2.75. The summed E-state index contributed by atoms with van der Waals surface area (Å²) in [6.07, 6.45) is 4.12. The van der Waals surface area contributed by atoms with E-state index in [1.165, 1.54) is 12.0 Å². The first-order valence-electron chi connectivity index (χ1n) is 6.14. The Morgan fingerprint density at radius 2 is 2.00 bits per heavy atom. The lowest BCUT2D eigenvalue weighted by atomic mass is 9.88. The van der Waals surface area contributed by atoms with E-state index in [0.29, 0.717) is 12.5 Å². The number of benzene rings is 1. The standard InChI is InChI=1S/C14H20O2/c15-14-8-4-7-13(9-14)11-16-10-12-5-2-1-3-6-12/h1-3,5-6,13-15H,4,7-11H2/t13-,14-/m0/s1. The molecule has 0 saturated heterocycles. The quantitative estimate of drug-likeness (QED) is 0.845. The summed E-state index contributed by atoms with van der Waals surface area (Å²) < 4.78 is 5.70. The molecule has 1 fully saturated rings. The summed E-state index contributed by atoms with van der Waals surface area (Å²) in [6, 6.07) is 10.2. The van der Waals surface area contributed by atoms with Gasteiger partial charge >= 0.3 is 0 Å². The molecular formula is C14H20O2. The van der Waals surface area contributed by atoms with E-state index in [9.17, 15) is 5.11 Å². The Morgan fingerprint density at radius 1 is 1.19 bits per heavy atom. The highest BCUT2D eigenvalue weighted by Crippen LogP contribution is 2.24. The highest BCUT2D eigenvalue weighted by molar-refractivity contribution is 5.13. The Morgan fingerprint density at radius 3 is 2.75 bits per heavy atom. The molecule has 0 aliphatic heterocycles. The molecule has 0 bridgehead atoms. The van der Waals surface area contributed by atoms with Crippen LogP contribution in [0.4, 0.5) is 0 Å². The fraction of sp³-hybridized carbons (Fsp3) is 0.571. The maximum Gasteiger partial charge on any atom is 0.0717 e. The van der Waals surface area contributed by atoms with Crippen molar-refractivity contribution in [1.82, 2.24) is 0 Å². The van der Waals surface area contributed by atoms with Crippen LogP contribution >= 0.6 is 0 Å². The van der Waals surface area contributed by atoms with Gasteiger partial charge in [-0.3, -0.25) is 0 Å². The summed E-state index contributed by atoms with van der Waals surface area (Å²) in [5, 5.41) is 9.54. The molecule has 2 heteroatoms. The van der Waals surface area contributed by atoms with E-state index >= 15 is 0 Å². The van der Waals surface area contributed by atoms with E-state index in [0.717, 1.165) is 25.9 Å². The van der Waals surface area contributed by atoms with Gasteiger partial charge in [0.2, 0.25) is 0 Å². The summed E-state index contributed by atoms with van der Waals surface area (Å²) in [5.74, 6) is 0.549. The molecule has 1 aromatic rings. The third-order valence-electron chi connectivity index (χ3n) is 3.22. The second-order valence-corrected chi connectivity index (χ2v) is 4.69. The van der Waals surface area contributed by atoms with E-state index in [2.05, 4.69) is 12.1 Å². The Labute approximate surface area is 97.3 Å². The highest BCUT2D eigenvalue weighted by atomic mass is 16.5. The van der Waals surface area contributed by atoms with E-state index in [1.54, 1.807) is 0 Å². The normalized spacial score (nSPS) is 25.6. The van der Waals surface area contributed by atoms with Gasteiger partial charge in [-0.2, -0.15) is 0 Å². The van der Waals surface area contributed by atoms with Crippen LogP contribution in [0.1, 0.15) is 31.2 Å². The van der Waals surface area contributed by atoms with Crippen molar-refractivity contribution in [3.05, 3.63) is 35.9 Å². The van der Waals surface area contributed by atoms with Crippen molar-refractivity contribution in [1.29, 1.82) is 0 Å². The van der Waals surface area contributed by atoms with Crippen LogP contribution < -0.4 is 0 Å². The van der Waals surface area contributed by atoms with Gasteiger partial charge < -0.3 is 9.84 Å². The van der Waals surface area contributed by atoms with Crippen molar-refractivity contribution in [3.8, 4) is 0 Å². The number of ether oxygens (including phenoxy) is 1. The lowest BCUT2D eigenvalue weighted by Gasteiger charge is -2.25. The molecule has 1 aromatic carbocycles. The second-order valence-electron chi connectivity index (χ2n) is 4.69. The van der Waals surface area contributed by atoms with Crippen LogP contribution in [0.5, 0.6) is 0 Å². The van der Waals surface area contributed by atoms with E-state index in [-0.39, 0.29) is 6.10 Å². The lowest BCUT2D eigenvalue weighted by Crippen LogP contribution is -2.22. The van der Waals surface area contributed by atoms with Gasteiger partial charge in [-0.1, -0.05) is 36.8 Å². The van der Waals surface area contributed by atoms with Gasteiger partial charge in [0.05, 0.1) is 12.7 Å². The summed E-state index contributed by atoms with van der Waals surface area (Å²) in [5.41, 5.74) is 1.22. The minimum Gasteiger partial charge on any atom is -0.393 e. The van der Waals surface area contributed by atoms with E-state index in [4.69, 9.17) is 4.74 Å². The van der Waals surface area contributed by atoms with Crippen LogP contribution in [-0.2, 0) is 11.3 Å². The SMILES string of the molecule is O[C@H]1CCC[C@H](COCc2ccccc2)C1. The minimum atomic E-state index is -0.0981. The molecule has 2 rings (SSSR count). The van der Waals surface area contributed by atoms with Gasteiger partial charge in [0.25, 0.3) is 0 Å². The number of aliphatic hydroxyl groups is 1. The molecule has 88 valence electrons. The van der Waals surface area contributed by atoms with Crippen molar-refractivity contribution in [2.45, 2.75) is 38.4 Å². The summed E-state index contributed by atoms with van der Waals surface area (Å²) in [7, 11) is 0. The van der Waals surface area contributed by atoms with Crippen LogP contribution in [0.25, 0.3) is 0 Å². The molecule has 16 heavy (non-hydrogen) atoms. The number of rotatable bonds is 4. The van der Waals surface area contributed by atoms with Gasteiger partial charge in [0.15, 0.2) is 0 Å². The van der Waals surface area contributed by atoms with Crippen molar-refractivity contribution >= 4 is 0 Å². The molecule has 2 nitrogen and oxygen atoms in total. The summed E-state index contributed by atoms with van der Waals surface area (Å²) >= 11 is 0. The van der Waals surface area contributed by atoms with E-state index < -0.39 is 0 Å². The highest BCUT2D eigenvalue weighted by Gasteiger charge is 2.19. The van der Waals surface area contributed by atoms with Gasteiger partial charge in [-0.25, -0.2) is 0 Å². The summed E-state index contributed by atoms with van der Waals surface area (Å²) in [6.45, 7) is 1.47. The second kappa shape index (κ2) is 6.02. The Bertz CT molecular complexity index is 297. The maximum absolute atomic E-state index is 9.54. The maximum atomic E-state index is 9.54. The average molecular weight is 220 g/mol. The molecule has 1 aliphatic rings. The van der Waals surface area contributed by atoms with E-state index in [1.807, 2.05) is 18.2 Å². The largest absolute Gasteiger partial charge is 0.393 e. The first kappa shape index (κ1) is 11.6. The van der Waals surface area contributed by atoms with Crippen LogP contribution in [-0.4, -0.2) is 17.8 Å². The zero-order chi connectivity index (χ0) is 11.2. The third kappa shape index (κ3) is 3.62. The minimum absolute atomic E-state index is 0.0981. The molecule has 0 unspecified atom stereocenters. The summed E-state index contributed by atoms with van der Waals surface area (Å²) in [4.78, 5) is 0. The van der Waals surface area contributed by atoms with Gasteiger partial charge in [0.1, 0.15) is 0 Å². The smallest absolute Gasteiger partial charge is 0.0717 e. The number of hydrogen-bond donors (Lipinski definition) is 1. The Hall–Kier alpha value is -0.860. The first-order chi connectivity index (χ1) is 7.84. The first-order valence-corrected chi connectivity index (χ1v) is 6.14. The fourth-order valence-electron chi connectivity index (χ4n) is 2.33. The van der Waals surface area contributed by atoms with Gasteiger partial charge in [0, 0.05) is 6.61 Å². The van der Waals surface area contributed by atoms with Crippen LogP contribution in [0.3, 0.4) is 0 Å². The monoisotopic (exact) mass is 220 g/mol. The topological polar surface area (TPSA) is 29.5 Å². The van der Waals surface area contributed by atoms with Crippen LogP contribution in [0.15, 0.2) is 30.3 Å². The molecule has 0 spiro atoms. The van der Waals surface area contributed by atoms with Crippen LogP contribution in [0.2, 0.25) is 0 Å². The molecule has 1 N–H and O–H groups in total. The molecule has 0 aromatic heterocycles. The fourth-order valence-corrected chi connectivity index (χ4v) is 2.33. The molecule has 0 amide bonds. The van der Waals surface area contributed by atoms with Crippen LogP contribution in [0, 0.1) is 5.92 Å². The van der Waals surface area contributed by atoms with Gasteiger partial charge in [-0.05, 0) is 30.7 Å². The Balaban J connectivity index is 1.68. The third-order valence-corrected chi connectivity index (χ3v) is 3.22. The van der Waals surface area contributed by atoms with Crippen molar-refractivity contribution in [2.24, 2.45) is 5.92 Å². The molecule has 0 heterocycles. The molecular weight excluding hydrogens is 200 g/mol. The zero-order valence-corrected chi connectivity index (χ0v) is 9.64.